The van der Waals surface area contributed by atoms with Gasteiger partial charge in [0.25, 0.3) is 5.56 Å². The molecule has 0 amide bonds. The Morgan fingerprint density at radius 3 is 2.81 bits per heavy atom. The second-order valence-electron chi connectivity index (χ2n) is 6.29. The zero-order chi connectivity index (χ0) is 19.6. The van der Waals surface area contributed by atoms with Crippen molar-refractivity contribution >= 4 is 22.6 Å². The standard InChI is InChI=1S/C19H23ClN4O3/c1-4-6-13-16-17(24(3)23-13)19(26)22-18(21-16)12-9-11(14(25)10-20)7-8-15(12)27-5-2/h7-9,14,25H,4-6,10H2,1-3H3,(H,21,22,26)/t14-/m1/s1. The fourth-order valence-corrected chi connectivity index (χ4v) is 3.27. The molecule has 0 saturated heterocycles. The van der Waals surface area contributed by atoms with Gasteiger partial charge in [0.05, 0.1) is 29.8 Å². The van der Waals surface area contributed by atoms with Gasteiger partial charge in [0, 0.05) is 7.05 Å². The Labute approximate surface area is 162 Å². The van der Waals surface area contributed by atoms with Crippen LogP contribution in [0.15, 0.2) is 23.0 Å². The summed E-state index contributed by atoms with van der Waals surface area (Å²) in [5.41, 5.74) is 2.78. The van der Waals surface area contributed by atoms with Crippen molar-refractivity contribution in [1.82, 2.24) is 19.7 Å². The maximum absolute atomic E-state index is 12.7. The summed E-state index contributed by atoms with van der Waals surface area (Å²) in [6, 6.07) is 5.26. The number of nitrogens with one attached hydrogen (secondary N) is 1. The number of aliphatic hydroxyl groups excluding tert-OH is 1. The second-order valence-corrected chi connectivity index (χ2v) is 6.60. The molecule has 0 spiro atoms. The number of hydrogen-bond donors (Lipinski definition) is 2. The van der Waals surface area contributed by atoms with Crippen LogP contribution in [0.2, 0.25) is 0 Å². The van der Waals surface area contributed by atoms with Crippen molar-refractivity contribution in [3.8, 4) is 17.1 Å². The fourth-order valence-electron chi connectivity index (χ4n) is 3.09. The molecule has 2 heterocycles. The summed E-state index contributed by atoms with van der Waals surface area (Å²) in [7, 11) is 1.74. The van der Waals surface area contributed by atoms with Crippen LogP contribution in [-0.4, -0.2) is 37.3 Å². The van der Waals surface area contributed by atoms with E-state index in [1.807, 2.05) is 6.92 Å². The number of nitrogens with zero attached hydrogens (tertiary/aromatic N) is 3. The lowest BCUT2D eigenvalue weighted by Gasteiger charge is -2.14. The van der Waals surface area contributed by atoms with Crippen molar-refractivity contribution < 1.29 is 9.84 Å². The maximum atomic E-state index is 12.7. The summed E-state index contributed by atoms with van der Waals surface area (Å²) >= 11 is 5.78. The number of hydrogen-bond acceptors (Lipinski definition) is 5. The molecule has 0 aliphatic rings. The van der Waals surface area contributed by atoms with E-state index >= 15 is 0 Å². The van der Waals surface area contributed by atoms with Crippen molar-refractivity contribution in [2.75, 3.05) is 12.5 Å². The molecule has 2 N–H and O–H groups in total. The lowest BCUT2D eigenvalue weighted by atomic mass is 10.0. The first kappa shape index (κ1) is 19.4. The maximum Gasteiger partial charge on any atom is 0.277 e. The molecule has 144 valence electrons. The summed E-state index contributed by atoms with van der Waals surface area (Å²) < 4.78 is 7.26. The SMILES string of the molecule is CCCc1nn(C)c2c(=O)[nH]c(-c3cc([C@H](O)CCl)ccc3OCC)nc12. The van der Waals surface area contributed by atoms with Gasteiger partial charge >= 0.3 is 0 Å². The van der Waals surface area contributed by atoms with E-state index in [1.54, 1.807) is 29.9 Å². The molecule has 3 aromatic rings. The van der Waals surface area contributed by atoms with E-state index < -0.39 is 6.10 Å². The molecule has 1 atom stereocenters. The minimum absolute atomic E-state index is 0.0691. The number of ether oxygens (including phenoxy) is 1. The Balaban J connectivity index is 2.24. The summed E-state index contributed by atoms with van der Waals surface area (Å²) in [6.07, 6.45) is 0.819. The molecule has 0 bridgehead atoms. The molecule has 0 radical (unpaired) electrons. The van der Waals surface area contributed by atoms with E-state index in [9.17, 15) is 9.90 Å². The number of fused-ring (bicyclic) bond motifs is 1. The Kier molecular flexibility index (Phi) is 5.82. The molecule has 27 heavy (non-hydrogen) atoms. The van der Waals surface area contributed by atoms with Gasteiger partial charge in [0.1, 0.15) is 17.1 Å². The summed E-state index contributed by atoms with van der Waals surface area (Å²) in [4.78, 5) is 20.2. The molecular formula is C19H23ClN4O3. The molecule has 0 aliphatic carbocycles. The molecule has 1 aromatic carbocycles. The van der Waals surface area contributed by atoms with Crippen LogP contribution < -0.4 is 10.3 Å². The van der Waals surface area contributed by atoms with Crippen LogP contribution in [0.4, 0.5) is 0 Å². The molecule has 0 saturated carbocycles. The van der Waals surface area contributed by atoms with Gasteiger partial charge in [-0.15, -0.1) is 11.6 Å². The Morgan fingerprint density at radius 2 is 2.15 bits per heavy atom. The number of benzene rings is 1. The number of alkyl halides is 1. The van der Waals surface area contributed by atoms with Crippen molar-refractivity contribution in [3.05, 3.63) is 39.8 Å². The lowest BCUT2D eigenvalue weighted by Crippen LogP contribution is -2.13. The fraction of sp³-hybridized carbons (Fsp3) is 0.421. The van der Waals surface area contributed by atoms with Crippen LogP contribution in [-0.2, 0) is 13.5 Å². The summed E-state index contributed by atoms with van der Waals surface area (Å²) in [5.74, 6) is 1.02. The average Bonchev–Trinajstić information content (AvgIpc) is 2.98. The van der Waals surface area contributed by atoms with Crippen LogP contribution in [0.3, 0.4) is 0 Å². The monoisotopic (exact) mass is 390 g/mol. The average molecular weight is 391 g/mol. The van der Waals surface area contributed by atoms with Gasteiger partial charge in [0.15, 0.2) is 5.52 Å². The van der Waals surface area contributed by atoms with E-state index in [-0.39, 0.29) is 11.4 Å². The molecule has 0 aliphatic heterocycles. The van der Waals surface area contributed by atoms with Gasteiger partial charge in [0.2, 0.25) is 0 Å². The first-order valence-electron chi connectivity index (χ1n) is 8.97. The molecular weight excluding hydrogens is 368 g/mol. The largest absolute Gasteiger partial charge is 0.493 e. The minimum Gasteiger partial charge on any atom is -0.493 e. The third kappa shape index (κ3) is 3.70. The van der Waals surface area contributed by atoms with E-state index in [0.717, 1.165) is 18.5 Å². The van der Waals surface area contributed by atoms with Crippen LogP contribution in [0.25, 0.3) is 22.4 Å². The van der Waals surface area contributed by atoms with Gasteiger partial charge in [-0.2, -0.15) is 5.10 Å². The van der Waals surface area contributed by atoms with E-state index in [4.69, 9.17) is 16.3 Å². The molecule has 7 nitrogen and oxygen atoms in total. The molecule has 0 fully saturated rings. The molecule has 8 heteroatoms. The van der Waals surface area contributed by atoms with E-state index in [1.165, 1.54) is 0 Å². The number of rotatable bonds is 7. The highest BCUT2D eigenvalue weighted by Crippen LogP contribution is 2.31. The number of H-pyrrole nitrogens is 1. The highest BCUT2D eigenvalue weighted by molar-refractivity contribution is 6.18. The van der Waals surface area contributed by atoms with Crippen LogP contribution in [0.1, 0.15) is 37.6 Å². The summed E-state index contributed by atoms with van der Waals surface area (Å²) in [6.45, 7) is 4.40. The van der Waals surface area contributed by atoms with Crippen molar-refractivity contribution in [1.29, 1.82) is 0 Å². The predicted molar refractivity (Wildman–Crippen MR) is 105 cm³/mol. The zero-order valence-electron chi connectivity index (χ0n) is 15.6. The Morgan fingerprint density at radius 1 is 1.37 bits per heavy atom. The smallest absolute Gasteiger partial charge is 0.277 e. The Hall–Kier alpha value is -2.38. The molecule has 0 unspecified atom stereocenters. The molecule has 3 rings (SSSR count). The van der Waals surface area contributed by atoms with Gasteiger partial charge < -0.3 is 14.8 Å². The van der Waals surface area contributed by atoms with Crippen LogP contribution >= 0.6 is 11.6 Å². The van der Waals surface area contributed by atoms with Crippen molar-refractivity contribution in [2.45, 2.75) is 32.8 Å². The van der Waals surface area contributed by atoms with Crippen LogP contribution in [0, 0.1) is 0 Å². The number of aryl methyl sites for hydroxylation is 2. The van der Waals surface area contributed by atoms with E-state index in [2.05, 4.69) is 22.0 Å². The topological polar surface area (TPSA) is 93.0 Å². The highest BCUT2D eigenvalue weighted by Gasteiger charge is 2.18. The molecule has 2 aromatic heterocycles. The Bertz CT molecular complexity index is 1010. The van der Waals surface area contributed by atoms with Crippen LogP contribution in [0.5, 0.6) is 5.75 Å². The first-order valence-corrected chi connectivity index (χ1v) is 9.50. The quantitative estimate of drug-likeness (QED) is 0.605. The number of aliphatic hydroxyl groups is 1. The number of halogens is 1. The zero-order valence-corrected chi connectivity index (χ0v) is 16.4. The van der Waals surface area contributed by atoms with E-state index in [0.29, 0.717) is 40.3 Å². The third-order valence-corrected chi connectivity index (χ3v) is 4.63. The van der Waals surface area contributed by atoms with Gasteiger partial charge in [-0.3, -0.25) is 9.48 Å². The number of aromatic nitrogens is 4. The number of aromatic amines is 1. The summed E-state index contributed by atoms with van der Waals surface area (Å²) in [5, 5.41) is 14.5. The minimum atomic E-state index is -0.814. The second kappa shape index (κ2) is 8.10. The first-order chi connectivity index (χ1) is 13.0. The van der Waals surface area contributed by atoms with Crippen molar-refractivity contribution in [2.24, 2.45) is 7.05 Å². The predicted octanol–water partition coefficient (Wildman–Crippen LogP) is 2.95. The van der Waals surface area contributed by atoms with Gasteiger partial charge in [-0.25, -0.2) is 4.98 Å². The van der Waals surface area contributed by atoms with Crippen molar-refractivity contribution in [3.63, 3.8) is 0 Å². The van der Waals surface area contributed by atoms with Gasteiger partial charge in [-0.05, 0) is 31.0 Å². The third-order valence-electron chi connectivity index (χ3n) is 4.34. The highest BCUT2D eigenvalue weighted by atomic mass is 35.5. The van der Waals surface area contributed by atoms with Gasteiger partial charge in [-0.1, -0.05) is 19.4 Å². The lowest BCUT2D eigenvalue weighted by molar-refractivity contribution is 0.202. The normalized spacial score (nSPS) is 12.5.